The molecule has 0 aliphatic carbocycles. The normalized spacial score (nSPS) is 11.0. The highest BCUT2D eigenvalue weighted by molar-refractivity contribution is 5.31. The van der Waals surface area contributed by atoms with Crippen molar-refractivity contribution in [1.82, 2.24) is 0 Å². The quantitative estimate of drug-likeness (QED) is 0.454. The van der Waals surface area contributed by atoms with E-state index in [0.717, 1.165) is 12.2 Å². The molecule has 0 aliphatic heterocycles. The Balaban J connectivity index is 4.72. The molecular weight excluding hydrogens is 172 g/mol. The van der Waals surface area contributed by atoms with Crippen LogP contribution in [0, 0.1) is 0 Å². The molecule has 0 spiro atoms. The number of methoxy groups -OCH3 is 1. The van der Waals surface area contributed by atoms with Gasteiger partial charge in [0.15, 0.2) is 0 Å². The molecule has 1 nitrogen and oxygen atoms in total. The molecule has 0 aromatic rings. The number of ether oxygens (including phenoxy) is 1. The molecule has 0 aromatic carbocycles. The summed E-state index contributed by atoms with van der Waals surface area (Å²) < 4.78 is 5.34. The molecule has 0 aliphatic rings. The summed E-state index contributed by atoms with van der Waals surface area (Å²) in [7, 11) is 1.71. The lowest BCUT2D eigenvalue weighted by Crippen LogP contribution is -1.95. The summed E-state index contributed by atoms with van der Waals surface area (Å²) in [6, 6.07) is 0. The molecule has 0 atom stereocenters. The van der Waals surface area contributed by atoms with Gasteiger partial charge < -0.3 is 4.74 Å². The molecule has 0 heterocycles. The maximum absolute atomic E-state index is 5.34. The van der Waals surface area contributed by atoms with Crippen LogP contribution in [0.4, 0.5) is 0 Å². The van der Waals surface area contributed by atoms with Crippen molar-refractivity contribution in [2.75, 3.05) is 7.11 Å². The standard InChI is InChI=1S/C13H22O/c1-6-8-10-12(11(3)4)13(14-5)9-7-2/h7,9H,2,6,8,10H2,1,3-5H3/b13-9+. The zero-order valence-corrected chi connectivity index (χ0v) is 9.89. The van der Waals surface area contributed by atoms with Gasteiger partial charge in [-0.1, -0.05) is 31.6 Å². The minimum atomic E-state index is 0.952. The molecule has 0 amide bonds. The van der Waals surface area contributed by atoms with Crippen LogP contribution in [0.25, 0.3) is 0 Å². The first-order chi connectivity index (χ1) is 6.67. The van der Waals surface area contributed by atoms with Gasteiger partial charge in [-0.05, 0) is 38.3 Å². The number of allylic oxidation sites excluding steroid dienone is 4. The minimum absolute atomic E-state index is 0.952. The second kappa shape index (κ2) is 7.43. The molecule has 0 N–H and O–H groups in total. The Morgan fingerprint density at radius 1 is 1.36 bits per heavy atom. The van der Waals surface area contributed by atoms with E-state index in [2.05, 4.69) is 27.4 Å². The van der Waals surface area contributed by atoms with Crippen LogP contribution in [0.1, 0.15) is 40.0 Å². The van der Waals surface area contributed by atoms with E-state index in [-0.39, 0.29) is 0 Å². The van der Waals surface area contributed by atoms with Crippen LogP contribution in [0.2, 0.25) is 0 Å². The Morgan fingerprint density at radius 3 is 2.36 bits per heavy atom. The lowest BCUT2D eigenvalue weighted by molar-refractivity contribution is 0.297. The highest BCUT2D eigenvalue weighted by atomic mass is 16.5. The zero-order valence-electron chi connectivity index (χ0n) is 9.89. The van der Waals surface area contributed by atoms with Crippen LogP contribution in [0.15, 0.2) is 35.6 Å². The first-order valence-electron chi connectivity index (χ1n) is 5.20. The fraction of sp³-hybridized carbons (Fsp3) is 0.538. The molecule has 0 rings (SSSR count). The molecule has 14 heavy (non-hydrogen) atoms. The number of hydrogen-bond donors (Lipinski definition) is 0. The second-order valence-corrected chi connectivity index (χ2v) is 3.55. The molecule has 0 fully saturated rings. The van der Waals surface area contributed by atoms with Gasteiger partial charge >= 0.3 is 0 Å². The van der Waals surface area contributed by atoms with Gasteiger partial charge in [0.05, 0.1) is 7.11 Å². The first kappa shape index (κ1) is 13.0. The van der Waals surface area contributed by atoms with E-state index in [4.69, 9.17) is 4.74 Å². The summed E-state index contributed by atoms with van der Waals surface area (Å²) in [5.41, 5.74) is 2.64. The monoisotopic (exact) mass is 194 g/mol. The van der Waals surface area contributed by atoms with Crippen LogP contribution < -0.4 is 0 Å². The second-order valence-electron chi connectivity index (χ2n) is 3.55. The van der Waals surface area contributed by atoms with Gasteiger partial charge in [-0.25, -0.2) is 0 Å². The maximum atomic E-state index is 5.34. The van der Waals surface area contributed by atoms with Crippen LogP contribution in [0.3, 0.4) is 0 Å². The molecule has 0 saturated heterocycles. The van der Waals surface area contributed by atoms with Crippen LogP contribution in [-0.2, 0) is 4.74 Å². The summed E-state index contributed by atoms with van der Waals surface area (Å²) in [5.74, 6) is 0.952. The summed E-state index contributed by atoms with van der Waals surface area (Å²) in [6.45, 7) is 10.1. The van der Waals surface area contributed by atoms with E-state index < -0.39 is 0 Å². The average Bonchev–Trinajstić information content (AvgIpc) is 2.16. The fourth-order valence-electron chi connectivity index (χ4n) is 1.37. The van der Waals surface area contributed by atoms with Crippen molar-refractivity contribution >= 4 is 0 Å². The van der Waals surface area contributed by atoms with Crippen molar-refractivity contribution in [2.45, 2.75) is 40.0 Å². The van der Waals surface area contributed by atoms with E-state index in [1.165, 1.54) is 24.0 Å². The summed E-state index contributed by atoms with van der Waals surface area (Å²) >= 11 is 0. The minimum Gasteiger partial charge on any atom is -0.496 e. The largest absolute Gasteiger partial charge is 0.496 e. The van der Waals surface area contributed by atoms with Gasteiger partial charge in [0.25, 0.3) is 0 Å². The third-order valence-corrected chi connectivity index (χ3v) is 2.17. The van der Waals surface area contributed by atoms with Gasteiger partial charge in [0.1, 0.15) is 5.76 Å². The van der Waals surface area contributed by atoms with Crippen LogP contribution in [0.5, 0.6) is 0 Å². The Morgan fingerprint density at radius 2 is 2.00 bits per heavy atom. The summed E-state index contributed by atoms with van der Waals surface area (Å²) in [4.78, 5) is 0. The SMILES string of the molecule is C=C/C=C(/OC)C(CCCC)=C(C)C. The predicted molar refractivity (Wildman–Crippen MR) is 63.2 cm³/mol. The Bertz CT molecular complexity index is 230. The van der Waals surface area contributed by atoms with E-state index >= 15 is 0 Å². The van der Waals surface area contributed by atoms with Crippen molar-refractivity contribution in [2.24, 2.45) is 0 Å². The third kappa shape index (κ3) is 4.31. The number of unbranched alkanes of at least 4 members (excludes halogenated alkanes) is 1. The lowest BCUT2D eigenvalue weighted by atomic mass is 10.0. The highest BCUT2D eigenvalue weighted by Gasteiger charge is 2.05. The highest BCUT2D eigenvalue weighted by Crippen LogP contribution is 2.21. The van der Waals surface area contributed by atoms with Crippen molar-refractivity contribution in [3.63, 3.8) is 0 Å². The molecule has 0 bridgehead atoms. The number of rotatable bonds is 6. The van der Waals surface area contributed by atoms with Gasteiger partial charge in [0, 0.05) is 0 Å². The topological polar surface area (TPSA) is 9.23 Å². The Labute approximate surface area is 88.2 Å². The average molecular weight is 194 g/mol. The van der Waals surface area contributed by atoms with E-state index in [1.807, 2.05) is 6.08 Å². The van der Waals surface area contributed by atoms with E-state index in [9.17, 15) is 0 Å². The Hall–Kier alpha value is -0.980. The smallest absolute Gasteiger partial charge is 0.121 e. The summed E-state index contributed by atoms with van der Waals surface area (Å²) in [6.07, 6.45) is 7.21. The molecule has 0 radical (unpaired) electrons. The first-order valence-corrected chi connectivity index (χ1v) is 5.20. The lowest BCUT2D eigenvalue weighted by Gasteiger charge is -2.12. The van der Waals surface area contributed by atoms with Gasteiger partial charge in [-0.15, -0.1) is 0 Å². The molecule has 0 aromatic heterocycles. The van der Waals surface area contributed by atoms with Crippen molar-refractivity contribution in [3.05, 3.63) is 35.6 Å². The predicted octanol–water partition coefficient (Wildman–Crippen LogP) is 4.23. The van der Waals surface area contributed by atoms with Gasteiger partial charge in [-0.2, -0.15) is 0 Å². The summed E-state index contributed by atoms with van der Waals surface area (Å²) in [5, 5.41) is 0. The van der Waals surface area contributed by atoms with Gasteiger partial charge in [0.2, 0.25) is 0 Å². The molecule has 0 saturated carbocycles. The Kier molecular flexibility index (Phi) is 6.91. The van der Waals surface area contributed by atoms with Crippen molar-refractivity contribution in [3.8, 4) is 0 Å². The number of hydrogen-bond acceptors (Lipinski definition) is 1. The molecular formula is C13H22O. The third-order valence-electron chi connectivity index (χ3n) is 2.17. The zero-order chi connectivity index (χ0) is 11.0. The fourth-order valence-corrected chi connectivity index (χ4v) is 1.37. The molecule has 0 unspecified atom stereocenters. The van der Waals surface area contributed by atoms with Gasteiger partial charge in [-0.3, -0.25) is 0 Å². The molecule has 1 heteroatoms. The van der Waals surface area contributed by atoms with E-state index in [0.29, 0.717) is 0 Å². The van der Waals surface area contributed by atoms with Crippen LogP contribution >= 0.6 is 0 Å². The molecule has 80 valence electrons. The van der Waals surface area contributed by atoms with Crippen LogP contribution in [-0.4, -0.2) is 7.11 Å². The maximum Gasteiger partial charge on any atom is 0.121 e. The van der Waals surface area contributed by atoms with Crippen molar-refractivity contribution < 1.29 is 4.74 Å². The van der Waals surface area contributed by atoms with E-state index in [1.54, 1.807) is 13.2 Å². The van der Waals surface area contributed by atoms with Crippen molar-refractivity contribution in [1.29, 1.82) is 0 Å².